The van der Waals surface area contributed by atoms with E-state index in [2.05, 4.69) is 0 Å². The van der Waals surface area contributed by atoms with Gasteiger partial charge in [-0.2, -0.15) is 0 Å². The lowest BCUT2D eigenvalue weighted by Gasteiger charge is -2.11. The van der Waals surface area contributed by atoms with Gasteiger partial charge in [-0.25, -0.2) is 5.06 Å². The summed E-state index contributed by atoms with van der Waals surface area (Å²) in [7, 11) is 3.00. The smallest absolute Gasteiger partial charge is 0.281 e. The van der Waals surface area contributed by atoms with Gasteiger partial charge in [-0.1, -0.05) is 18.2 Å². The molecule has 2 aromatic rings. The minimum atomic E-state index is -0.220. The van der Waals surface area contributed by atoms with Gasteiger partial charge < -0.3 is 4.42 Å². The van der Waals surface area contributed by atoms with E-state index in [1.165, 1.54) is 13.4 Å². The highest BCUT2D eigenvalue weighted by Crippen LogP contribution is 2.21. The number of benzene rings is 1. The second kappa shape index (κ2) is 3.74. The summed E-state index contributed by atoms with van der Waals surface area (Å²) >= 11 is 0. The van der Waals surface area contributed by atoms with Crippen LogP contribution in [-0.4, -0.2) is 25.1 Å². The summed E-state index contributed by atoms with van der Waals surface area (Å²) in [5, 5.41) is 1.96. The van der Waals surface area contributed by atoms with Crippen LogP contribution in [0.3, 0.4) is 0 Å². The van der Waals surface area contributed by atoms with Crippen LogP contribution < -0.4 is 0 Å². The van der Waals surface area contributed by atoms with Crippen LogP contribution in [0.2, 0.25) is 0 Å². The lowest BCUT2D eigenvalue weighted by molar-refractivity contribution is -0.0756. The Hall–Kier alpha value is -1.81. The van der Waals surface area contributed by atoms with Gasteiger partial charge in [-0.15, -0.1) is 0 Å². The molecule has 0 aliphatic carbocycles. The molecule has 0 spiro atoms. The monoisotopic (exact) mass is 205 g/mol. The summed E-state index contributed by atoms with van der Waals surface area (Å²) in [6, 6.07) is 7.38. The molecule has 4 heteroatoms. The normalized spacial score (nSPS) is 10.5. The van der Waals surface area contributed by atoms with E-state index in [1.54, 1.807) is 7.05 Å². The molecule has 78 valence electrons. The summed E-state index contributed by atoms with van der Waals surface area (Å²) < 4.78 is 5.26. The third kappa shape index (κ3) is 1.59. The second-order valence-corrected chi connectivity index (χ2v) is 3.13. The Morgan fingerprint density at radius 1 is 1.40 bits per heavy atom. The number of carbonyl (C=O) groups is 1. The first kappa shape index (κ1) is 9.73. The zero-order chi connectivity index (χ0) is 10.8. The molecule has 2 rings (SSSR count). The van der Waals surface area contributed by atoms with Gasteiger partial charge >= 0.3 is 0 Å². The Bertz CT molecular complexity index is 489. The van der Waals surface area contributed by atoms with Crippen LogP contribution in [0, 0.1) is 0 Å². The van der Waals surface area contributed by atoms with Crippen molar-refractivity contribution < 1.29 is 14.0 Å². The van der Waals surface area contributed by atoms with E-state index in [4.69, 9.17) is 9.25 Å². The lowest BCUT2D eigenvalue weighted by Crippen LogP contribution is -2.25. The van der Waals surface area contributed by atoms with E-state index in [0.717, 1.165) is 10.4 Å². The van der Waals surface area contributed by atoms with E-state index in [1.807, 2.05) is 24.3 Å². The molecule has 1 aromatic carbocycles. The van der Waals surface area contributed by atoms with Crippen LogP contribution in [-0.2, 0) is 4.84 Å². The summed E-state index contributed by atoms with van der Waals surface area (Å²) in [6.07, 6.45) is 1.45. The van der Waals surface area contributed by atoms with Gasteiger partial charge in [0.1, 0.15) is 11.8 Å². The van der Waals surface area contributed by atoms with Crippen molar-refractivity contribution in [3.8, 4) is 0 Å². The van der Waals surface area contributed by atoms with Crippen LogP contribution in [0.15, 0.2) is 34.9 Å². The molecule has 0 aliphatic heterocycles. The molecule has 15 heavy (non-hydrogen) atoms. The summed E-state index contributed by atoms with van der Waals surface area (Å²) in [5.41, 5.74) is 1.21. The predicted molar refractivity (Wildman–Crippen MR) is 55.3 cm³/mol. The van der Waals surface area contributed by atoms with Crippen LogP contribution in [0.1, 0.15) is 10.4 Å². The molecule has 0 aliphatic rings. The molecular formula is C11H11NO3. The standard InChI is InChI=1S/C11H11NO3/c1-12(14-2)11(13)9-7-15-10-6-4-3-5-8(9)10/h3-7H,1-2H3. The topological polar surface area (TPSA) is 42.7 Å². The van der Waals surface area contributed by atoms with E-state index in [0.29, 0.717) is 11.1 Å². The van der Waals surface area contributed by atoms with Gasteiger partial charge in [0, 0.05) is 12.4 Å². The molecule has 0 N–H and O–H groups in total. The Labute approximate surface area is 87.0 Å². The lowest BCUT2D eigenvalue weighted by atomic mass is 10.2. The van der Waals surface area contributed by atoms with Gasteiger partial charge in [0.05, 0.1) is 12.7 Å². The summed E-state index contributed by atoms with van der Waals surface area (Å²) in [6.45, 7) is 0. The molecule has 0 saturated heterocycles. The molecule has 0 atom stereocenters. The highest BCUT2D eigenvalue weighted by molar-refractivity contribution is 6.05. The highest BCUT2D eigenvalue weighted by Gasteiger charge is 2.16. The Balaban J connectivity index is 2.48. The van der Waals surface area contributed by atoms with Gasteiger partial charge in [-0.3, -0.25) is 9.63 Å². The molecule has 0 unspecified atom stereocenters. The van der Waals surface area contributed by atoms with Crippen LogP contribution in [0.5, 0.6) is 0 Å². The molecular weight excluding hydrogens is 194 g/mol. The van der Waals surface area contributed by atoms with Gasteiger partial charge in [-0.05, 0) is 6.07 Å². The van der Waals surface area contributed by atoms with Crippen molar-refractivity contribution in [3.05, 3.63) is 36.1 Å². The van der Waals surface area contributed by atoms with E-state index in [-0.39, 0.29) is 5.91 Å². The average Bonchev–Trinajstić information content (AvgIpc) is 2.70. The number of carbonyl (C=O) groups excluding carboxylic acids is 1. The average molecular weight is 205 g/mol. The first-order valence-electron chi connectivity index (χ1n) is 4.52. The van der Waals surface area contributed by atoms with E-state index >= 15 is 0 Å². The number of nitrogens with zero attached hydrogens (tertiary/aromatic N) is 1. The van der Waals surface area contributed by atoms with Crippen LogP contribution >= 0.6 is 0 Å². The molecule has 0 saturated carbocycles. The number of para-hydroxylation sites is 1. The van der Waals surface area contributed by atoms with Gasteiger partial charge in [0.15, 0.2) is 0 Å². The second-order valence-electron chi connectivity index (χ2n) is 3.13. The molecule has 0 fully saturated rings. The molecule has 1 heterocycles. The van der Waals surface area contributed by atoms with Crippen molar-refractivity contribution >= 4 is 16.9 Å². The summed E-state index contributed by atoms with van der Waals surface area (Å²) in [4.78, 5) is 16.6. The first-order chi connectivity index (χ1) is 7.24. The molecule has 1 amide bonds. The fraction of sp³-hybridized carbons (Fsp3) is 0.182. The van der Waals surface area contributed by atoms with Crippen molar-refractivity contribution in [1.82, 2.24) is 5.06 Å². The largest absolute Gasteiger partial charge is 0.463 e. The van der Waals surface area contributed by atoms with Crippen LogP contribution in [0.4, 0.5) is 0 Å². The van der Waals surface area contributed by atoms with E-state index < -0.39 is 0 Å². The maximum absolute atomic E-state index is 11.8. The fourth-order valence-electron chi connectivity index (χ4n) is 1.40. The molecule has 0 bridgehead atoms. The third-order valence-corrected chi connectivity index (χ3v) is 2.27. The van der Waals surface area contributed by atoms with Crippen molar-refractivity contribution in [2.75, 3.05) is 14.2 Å². The van der Waals surface area contributed by atoms with Crippen molar-refractivity contribution in [3.63, 3.8) is 0 Å². The number of hydrogen-bond donors (Lipinski definition) is 0. The van der Waals surface area contributed by atoms with Crippen molar-refractivity contribution in [1.29, 1.82) is 0 Å². The minimum absolute atomic E-state index is 0.220. The number of rotatable bonds is 2. The number of hydrogen-bond acceptors (Lipinski definition) is 3. The summed E-state index contributed by atoms with van der Waals surface area (Å²) in [5.74, 6) is -0.220. The SMILES string of the molecule is CON(C)C(=O)c1coc2ccccc12. The maximum atomic E-state index is 11.8. The van der Waals surface area contributed by atoms with E-state index in [9.17, 15) is 4.79 Å². The number of furan rings is 1. The third-order valence-electron chi connectivity index (χ3n) is 2.27. The number of hydroxylamine groups is 2. The van der Waals surface area contributed by atoms with Gasteiger partial charge in [0.25, 0.3) is 5.91 Å². The minimum Gasteiger partial charge on any atom is -0.463 e. The first-order valence-corrected chi connectivity index (χ1v) is 4.52. The quantitative estimate of drug-likeness (QED) is 0.705. The maximum Gasteiger partial charge on any atom is 0.281 e. The number of fused-ring (bicyclic) bond motifs is 1. The molecule has 0 radical (unpaired) electrons. The Kier molecular flexibility index (Phi) is 2.43. The molecule has 1 aromatic heterocycles. The highest BCUT2D eigenvalue weighted by atomic mass is 16.7. The van der Waals surface area contributed by atoms with Crippen LogP contribution in [0.25, 0.3) is 11.0 Å². The Morgan fingerprint density at radius 2 is 2.13 bits per heavy atom. The predicted octanol–water partition coefficient (Wildman–Crippen LogP) is 2.07. The van der Waals surface area contributed by atoms with Crippen molar-refractivity contribution in [2.24, 2.45) is 0 Å². The Morgan fingerprint density at radius 3 is 2.87 bits per heavy atom. The van der Waals surface area contributed by atoms with Crippen molar-refractivity contribution in [2.45, 2.75) is 0 Å². The fourth-order valence-corrected chi connectivity index (χ4v) is 1.40. The molecule has 4 nitrogen and oxygen atoms in total. The zero-order valence-corrected chi connectivity index (χ0v) is 8.56. The zero-order valence-electron chi connectivity index (χ0n) is 8.56. The number of amides is 1. The van der Waals surface area contributed by atoms with Gasteiger partial charge in [0.2, 0.25) is 0 Å².